The van der Waals surface area contributed by atoms with E-state index in [4.69, 9.17) is 0 Å². The lowest BCUT2D eigenvalue weighted by Crippen LogP contribution is -2.40. The Hall–Kier alpha value is -1.49. The highest BCUT2D eigenvalue weighted by Gasteiger charge is 2.35. The van der Waals surface area contributed by atoms with Gasteiger partial charge >= 0.3 is 0 Å². The summed E-state index contributed by atoms with van der Waals surface area (Å²) in [6.45, 7) is 4.09. The van der Waals surface area contributed by atoms with Gasteiger partial charge in [-0.2, -0.15) is 10.2 Å². The fourth-order valence-corrected chi connectivity index (χ4v) is 1.82. The number of nitrogens with one attached hydrogen (secondary N) is 2. The number of carbonyl (C=O) groups is 1. The minimum Gasteiger partial charge on any atom is -0.350 e. The van der Waals surface area contributed by atoms with Gasteiger partial charge < -0.3 is 10.6 Å². The topological polar surface area (TPSA) is 66.9 Å². The molecule has 5 heteroatoms. The van der Waals surface area contributed by atoms with Crippen LogP contribution in [0, 0.1) is 5.41 Å². The molecule has 1 fully saturated rings. The molecule has 1 saturated heterocycles. The minimum atomic E-state index is -0.276. The monoisotopic (exact) mass is 220 g/mol. The standard InChI is InChI=1S/C11H16N4O/c1-11(4-6-12-8-11)10(16)13-7-9-3-2-5-14-15-9/h2-3,5,12H,4,6-8H2,1H3,(H,13,16). The summed E-state index contributed by atoms with van der Waals surface area (Å²) in [7, 11) is 0. The van der Waals surface area contributed by atoms with E-state index in [0.29, 0.717) is 6.54 Å². The Kier molecular flexibility index (Phi) is 3.14. The van der Waals surface area contributed by atoms with Crippen molar-refractivity contribution in [3.8, 4) is 0 Å². The van der Waals surface area contributed by atoms with Crippen LogP contribution in [-0.4, -0.2) is 29.2 Å². The van der Waals surface area contributed by atoms with Gasteiger partial charge in [0.25, 0.3) is 0 Å². The van der Waals surface area contributed by atoms with Crippen LogP contribution in [-0.2, 0) is 11.3 Å². The van der Waals surface area contributed by atoms with E-state index in [1.807, 2.05) is 19.1 Å². The average molecular weight is 220 g/mol. The third kappa shape index (κ3) is 2.36. The predicted molar refractivity (Wildman–Crippen MR) is 59.5 cm³/mol. The van der Waals surface area contributed by atoms with Gasteiger partial charge in [0.05, 0.1) is 17.7 Å². The van der Waals surface area contributed by atoms with Crippen LogP contribution < -0.4 is 10.6 Å². The first-order valence-corrected chi connectivity index (χ1v) is 5.46. The van der Waals surface area contributed by atoms with Crippen molar-refractivity contribution in [1.82, 2.24) is 20.8 Å². The first kappa shape index (κ1) is 11.0. The zero-order chi connectivity index (χ0) is 11.4. The molecule has 16 heavy (non-hydrogen) atoms. The third-order valence-electron chi connectivity index (χ3n) is 2.97. The molecule has 2 N–H and O–H groups in total. The van der Waals surface area contributed by atoms with E-state index in [-0.39, 0.29) is 11.3 Å². The van der Waals surface area contributed by atoms with Crippen LogP contribution >= 0.6 is 0 Å². The van der Waals surface area contributed by atoms with Gasteiger partial charge in [-0.15, -0.1) is 0 Å². The van der Waals surface area contributed by atoms with Crippen molar-refractivity contribution in [1.29, 1.82) is 0 Å². The normalized spacial score (nSPS) is 24.3. The number of rotatable bonds is 3. The third-order valence-corrected chi connectivity index (χ3v) is 2.97. The summed E-state index contributed by atoms with van der Waals surface area (Å²) >= 11 is 0. The molecule has 86 valence electrons. The molecule has 5 nitrogen and oxygen atoms in total. The number of amides is 1. The van der Waals surface area contributed by atoms with Crippen LogP contribution in [0.3, 0.4) is 0 Å². The fourth-order valence-electron chi connectivity index (χ4n) is 1.82. The molecule has 2 rings (SSSR count). The first-order chi connectivity index (χ1) is 7.71. The van der Waals surface area contributed by atoms with E-state index in [1.54, 1.807) is 6.20 Å². The minimum absolute atomic E-state index is 0.0863. The van der Waals surface area contributed by atoms with Crippen molar-refractivity contribution >= 4 is 5.91 Å². The van der Waals surface area contributed by atoms with Crippen LogP contribution in [0.5, 0.6) is 0 Å². The Labute approximate surface area is 94.6 Å². The maximum Gasteiger partial charge on any atom is 0.227 e. The lowest BCUT2D eigenvalue weighted by Gasteiger charge is -2.21. The SMILES string of the molecule is CC1(C(=O)NCc2cccnn2)CCNC1. The molecule has 1 unspecified atom stereocenters. The predicted octanol–water partition coefficient (Wildman–Crippen LogP) is 0.0924. The Bertz CT molecular complexity index is 360. The largest absolute Gasteiger partial charge is 0.350 e. The van der Waals surface area contributed by atoms with E-state index in [2.05, 4.69) is 20.8 Å². The van der Waals surface area contributed by atoms with Gasteiger partial charge in [0.2, 0.25) is 5.91 Å². The molecular weight excluding hydrogens is 204 g/mol. The van der Waals surface area contributed by atoms with Gasteiger partial charge in [0, 0.05) is 12.7 Å². The molecule has 0 aliphatic carbocycles. The lowest BCUT2D eigenvalue weighted by molar-refractivity contribution is -0.129. The molecule has 0 radical (unpaired) electrons. The highest BCUT2D eigenvalue weighted by Crippen LogP contribution is 2.24. The number of carbonyl (C=O) groups excluding carboxylic acids is 1. The number of aromatic nitrogens is 2. The molecule has 1 amide bonds. The van der Waals surface area contributed by atoms with Crippen molar-refractivity contribution in [3.05, 3.63) is 24.0 Å². The van der Waals surface area contributed by atoms with Crippen LogP contribution in [0.2, 0.25) is 0 Å². The molecule has 1 aliphatic rings. The van der Waals surface area contributed by atoms with Crippen molar-refractivity contribution < 1.29 is 4.79 Å². The fraction of sp³-hybridized carbons (Fsp3) is 0.545. The summed E-state index contributed by atoms with van der Waals surface area (Å²) in [4.78, 5) is 11.9. The van der Waals surface area contributed by atoms with Crippen LogP contribution in [0.15, 0.2) is 18.3 Å². The molecule has 0 saturated carbocycles. The summed E-state index contributed by atoms with van der Waals surface area (Å²) in [5, 5.41) is 13.8. The zero-order valence-electron chi connectivity index (χ0n) is 9.36. The van der Waals surface area contributed by atoms with Crippen LogP contribution in [0.4, 0.5) is 0 Å². The second kappa shape index (κ2) is 4.57. The molecule has 1 aromatic rings. The van der Waals surface area contributed by atoms with Crippen molar-refractivity contribution in [2.75, 3.05) is 13.1 Å². The number of nitrogens with zero attached hydrogens (tertiary/aromatic N) is 2. The Morgan fingerprint density at radius 2 is 2.56 bits per heavy atom. The second-order valence-corrected chi connectivity index (χ2v) is 4.39. The summed E-state index contributed by atoms with van der Waals surface area (Å²) in [5.74, 6) is 0.0863. The molecule has 0 spiro atoms. The van der Waals surface area contributed by atoms with E-state index >= 15 is 0 Å². The lowest BCUT2D eigenvalue weighted by atomic mass is 9.89. The van der Waals surface area contributed by atoms with Crippen LogP contribution in [0.1, 0.15) is 19.0 Å². The maximum absolute atomic E-state index is 11.9. The molecule has 0 aromatic carbocycles. The van der Waals surface area contributed by atoms with Gasteiger partial charge in [-0.05, 0) is 32.0 Å². The molecule has 0 bridgehead atoms. The summed E-state index contributed by atoms with van der Waals surface area (Å²) in [5.41, 5.74) is 0.507. The Morgan fingerprint density at radius 3 is 3.19 bits per heavy atom. The zero-order valence-corrected chi connectivity index (χ0v) is 9.36. The number of hydrogen-bond donors (Lipinski definition) is 2. The van der Waals surface area contributed by atoms with E-state index in [9.17, 15) is 4.79 Å². The van der Waals surface area contributed by atoms with Gasteiger partial charge in [0.15, 0.2) is 0 Å². The highest BCUT2D eigenvalue weighted by atomic mass is 16.2. The van der Waals surface area contributed by atoms with E-state index < -0.39 is 0 Å². The quantitative estimate of drug-likeness (QED) is 0.757. The average Bonchev–Trinajstić information content (AvgIpc) is 2.76. The highest BCUT2D eigenvalue weighted by molar-refractivity contribution is 5.82. The van der Waals surface area contributed by atoms with Gasteiger partial charge in [-0.25, -0.2) is 0 Å². The molecular formula is C11H16N4O. The maximum atomic E-state index is 11.9. The molecule has 2 heterocycles. The van der Waals surface area contributed by atoms with Gasteiger partial charge in [-0.1, -0.05) is 0 Å². The smallest absolute Gasteiger partial charge is 0.227 e. The summed E-state index contributed by atoms with van der Waals surface area (Å²) in [6, 6.07) is 3.66. The Balaban J connectivity index is 1.89. The first-order valence-electron chi connectivity index (χ1n) is 5.46. The van der Waals surface area contributed by atoms with E-state index in [1.165, 1.54) is 0 Å². The molecule has 1 aromatic heterocycles. The van der Waals surface area contributed by atoms with Crippen LogP contribution in [0.25, 0.3) is 0 Å². The summed E-state index contributed by atoms with van der Waals surface area (Å²) < 4.78 is 0. The van der Waals surface area contributed by atoms with Gasteiger partial charge in [0.1, 0.15) is 0 Å². The van der Waals surface area contributed by atoms with E-state index in [0.717, 1.165) is 25.2 Å². The summed E-state index contributed by atoms with van der Waals surface area (Å²) in [6.07, 6.45) is 2.51. The molecule has 1 atom stereocenters. The Morgan fingerprint density at radius 1 is 1.69 bits per heavy atom. The number of hydrogen-bond acceptors (Lipinski definition) is 4. The van der Waals surface area contributed by atoms with Gasteiger partial charge in [-0.3, -0.25) is 4.79 Å². The van der Waals surface area contributed by atoms with Crippen molar-refractivity contribution in [2.24, 2.45) is 5.41 Å². The van der Waals surface area contributed by atoms with Crippen molar-refractivity contribution in [3.63, 3.8) is 0 Å². The molecule has 1 aliphatic heterocycles. The van der Waals surface area contributed by atoms with Crippen molar-refractivity contribution in [2.45, 2.75) is 19.9 Å². The second-order valence-electron chi connectivity index (χ2n) is 4.39.